The van der Waals surface area contributed by atoms with E-state index in [1.807, 2.05) is 0 Å². The summed E-state index contributed by atoms with van der Waals surface area (Å²) < 4.78 is 123. The second kappa shape index (κ2) is 11.9. The number of rotatable bonds is 9. The maximum Gasteiger partial charge on any atom is 0.573 e. The summed E-state index contributed by atoms with van der Waals surface area (Å²) in [5.74, 6) is -13.4. The van der Waals surface area contributed by atoms with Crippen LogP contribution >= 0.6 is 0 Å². The molecular formula is C24H16F8N2O9. The van der Waals surface area contributed by atoms with Crippen molar-refractivity contribution in [2.24, 2.45) is 0 Å². The van der Waals surface area contributed by atoms with Crippen molar-refractivity contribution in [2.75, 3.05) is 5.32 Å². The second-order valence-electron chi connectivity index (χ2n) is 8.22. The van der Waals surface area contributed by atoms with Crippen LogP contribution in [0.15, 0.2) is 36.5 Å². The Labute approximate surface area is 233 Å². The van der Waals surface area contributed by atoms with Gasteiger partial charge in [-0.25, -0.2) is 4.39 Å². The van der Waals surface area contributed by atoms with Crippen LogP contribution in [0.5, 0.6) is 28.7 Å². The first-order chi connectivity index (χ1) is 19.6. The van der Waals surface area contributed by atoms with Crippen molar-refractivity contribution < 1.29 is 79.0 Å². The third-order valence-corrected chi connectivity index (χ3v) is 4.94. The fourth-order valence-corrected chi connectivity index (χ4v) is 3.23. The minimum Gasteiger partial charge on any atom is -0.452 e. The predicted octanol–water partition coefficient (Wildman–Crippen LogP) is 4.68. The third-order valence-electron chi connectivity index (χ3n) is 4.94. The molecule has 0 saturated carbocycles. The van der Waals surface area contributed by atoms with E-state index >= 15 is 4.39 Å². The molecule has 2 aromatic carbocycles. The van der Waals surface area contributed by atoms with Crippen molar-refractivity contribution in [2.45, 2.75) is 32.7 Å². The number of aliphatic hydroxyl groups is 3. The quantitative estimate of drug-likeness (QED) is 0.149. The SMILES string of the molecule is CC(=O)c1cc(NC(=O)c2c(Oc3ccc(OC(F)(F)F)c(F)c3OC(O)(O)O)ccc(OC(F)(F)F)c2F)c(C)cn1. The van der Waals surface area contributed by atoms with Crippen molar-refractivity contribution >= 4 is 17.4 Å². The van der Waals surface area contributed by atoms with Crippen LogP contribution in [0.4, 0.5) is 40.8 Å². The van der Waals surface area contributed by atoms with Gasteiger partial charge in [-0.1, -0.05) is 0 Å². The lowest BCUT2D eigenvalue weighted by Gasteiger charge is -2.21. The van der Waals surface area contributed by atoms with Gasteiger partial charge in [-0.2, -0.15) is 4.39 Å². The molecule has 232 valence electrons. The number of nitrogens with zero attached hydrogens (tertiary/aromatic N) is 1. The second-order valence-corrected chi connectivity index (χ2v) is 8.22. The molecule has 19 heteroatoms. The molecule has 43 heavy (non-hydrogen) atoms. The van der Waals surface area contributed by atoms with Crippen LogP contribution in [-0.4, -0.2) is 50.9 Å². The Morgan fingerprint density at radius 1 is 0.814 bits per heavy atom. The number of anilines is 1. The van der Waals surface area contributed by atoms with Gasteiger partial charge >= 0.3 is 18.9 Å². The number of halogens is 8. The van der Waals surface area contributed by atoms with Gasteiger partial charge in [-0.15, -0.1) is 26.3 Å². The molecule has 0 aliphatic rings. The molecule has 0 aliphatic carbocycles. The van der Waals surface area contributed by atoms with Crippen LogP contribution in [0.2, 0.25) is 0 Å². The van der Waals surface area contributed by atoms with Crippen molar-refractivity contribution in [1.29, 1.82) is 0 Å². The molecule has 11 nitrogen and oxygen atoms in total. The molecule has 0 atom stereocenters. The summed E-state index contributed by atoms with van der Waals surface area (Å²) in [4.78, 5) is 28.6. The lowest BCUT2D eigenvalue weighted by Crippen LogP contribution is -2.35. The Morgan fingerprint density at radius 2 is 1.33 bits per heavy atom. The van der Waals surface area contributed by atoms with E-state index in [0.29, 0.717) is 18.2 Å². The Morgan fingerprint density at radius 3 is 1.84 bits per heavy atom. The van der Waals surface area contributed by atoms with Crippen LogP contribution < -0.4 is 24.3 Å². The number of hydrogen-bond acceptors (Lipinski definition) is 10. The summed E-state index contributed by atoms with van der Waals surface area (Å²) in [6.45, 7) is 2.50. The standard InChI is InChI=1S/C24H16F8N2O9/c1-9-8-33-12(10(2)35)7-11(9)34-21(36)17-13(3-4-14(18(17)25)41-22(27,28)29)40-16-6-5-15(42-23(30,31)32)19(26)20(16)43-24(37,38)39/h3-8,37-39H,1-2H3,(H,33,34,36). The first kappa shape index (κ1) is 32.8. The van der Waals surface area contributed by atoms with Crippen LogP contribution in [0.25, 0.3) is 0 Å². The molecule has 0 spiro atoms. The van der Waals surface area contributed by atoms with Gasteiger partial charge < -0.3 is 39.6 Å². The molecule has 1 heterocycles. The number of Topliss-reactive ketones (excluding diaryl/α,β-unsaturated/α-hetero) is 1. The van der Waals surface area contributed by atoms with E-state index in [-0.39, 0.29) is 23.0 Å². The molecular weight excluding hydrogens is 612 g/mol. The fourth-order valence-electron chi connectivity index (χ4n) is 3.23. The highest BCUT2D eigenvalue weighted by Gasteiger charge is 2.37. The van der Waals surface area contributed by atoms with E-state index in [1.54, 1.807) is 0 Å². The highest BCUT2D eigenvalue weighted by Crippen LogP contribution is 2.43. The smallest absolute Gasteiger partial charge is 0.452 e. The van der Waals surface area contributed by atoms with E-state index in [9.17, 15) is 40.3 Å². The van der Waals surface area contributed by atoms with Crippen LogP contribution in [0.3, 0.4) is 0 Å². The van der Waals surface area contributed by atoms with Crippen molar-refractivity contribution in [3.63, 3.8) is 0 Å². The number of ether oxygens (including phenoxy) is 4. The molecule has 3 aromatic rings. The zero-order chi connectivity index (χ0) is 32.5. The molecule has 1 amide bonds. The monoisotopic (exact) mass is 628 g/mol. The molecule has 0 unspecified atom stereocenters. The topological polar surface area (TPSA) is 157 Å². The summed E-state index contributed by atoms with van der Waals surface area (Å²) >= 11 is 0. The summed E-state index contributed by atoms with van der Waals surface area (Å²) in [6.07, 6.45) is -14.1. The summed E-state index contributed by atoms with van der Waals surface area (Å²) in [7, 11) is 0. The van der Waals surface area contributed by atoms with Crippen LogP contribution in [-0.2, 0) is 0 Å². The molecule has 0 aliphatic heterocycles. The largest absolute Gasteiger partial charge is 0.573 e. The summed E-state index contributed by atoms with van der Waals surface area (Å²) in [5.41, 5.74) is -1.53. The summed E-state index contributed by atoms with van der Waals surface area (Å²) in [5, 5.41) is 29.5. The number of hydrogen-bond donors (Lipinski definition) is 4. The molecule has 0 radical (unpaired) electrons. The molecule has 0 bridgehead atoms. The van der Waals surface area contributed by atoms with Crippen molar-refractivity contribution in [3.05, 3.63) is 65.0 Å². The Bertz CT molecular complexity index is 1550. The number of carbonyl (C=O) groups is 2. The third kappa shape index (κ3) is 8.63. The molecule has 0 saturated heterocycles. The highest BCUT2D eigenvalue weighted by atomic mass is 19.4. The van der Waals surface area contributed by atoms with E-state index in [1.165, 1.54) is 6.92 Å². The Kier molecular flexibility index (Phi) is 9.03. The van der Waals surface area contributed by atoms with E-state index in [4.69, 9.17) is 20.1 Å². The minimum absolute atomic E-state index is 0.174. The number of nitrogens with one attached hydrogen (secondary N) is 1. The van der Waals surface area contributed by atoms with Crippen LogP contribution in [0.1, 0.15) is 33.3 Å². The fraction of sp³-hybridized carbons (Fsp3) is 0.208. The maximum atomic E-state index is 15.3. The lowest BCUT2D eigenvalue weighted by molar-refractivity contribution is -0.420. The highest BCUT2D eigenvalue weighted by molar-refractivity contribution is 6.07. The van der Waals surface area contributed by atoms with E-state index in [0.717, 1.165) is 19.2 Å². The normalized spacial score (nSPS) is 12.0. The van der Waals surface area contributed by atoms with Crippen LogP contribution in [0, 0.1) is 18.6 Å². The van der Waals surface area contributed by atoms with E-state index in [2.05, 4.69) is 24.5 Å². The molecule has 3 rings (SSSR count). The number of aryl methyl sites for hydroxylation is 1. The number of pyridine rings is 1. The Hall–Kier alpha value is -4.75. The molecule has 4 N–H and O–H groups in total. The van der Waals surface area contributed by atoms with Gasteiger partial charge in [0, 0.05) is 18.8 Å². The van der Waals surface area contributed by atoms with Gasteiger partial charge in [-0.3, -0.25) is 14.6 Å². The number of carbonyl (C=O) groups excluding carboxylic acids is 2. The first-order valence-electron chi connectivity index (χ1n) is 11.1. The number of aromatic nitrogens is 1. The van der Waals surface area contributed by atoms with Gasteiger partial charge in [0.25, 0.3) is 5.91 Å². The molecule has 1 aromatic heterocycles. The average molecular weight is 628 g/mol. The Balaban J connectivity index is 2.17. The number of ketones is 1. The maximum absolute atomic E-state index is 15.3. The predicted molar refractivity (Wildman–Crippen MR) is 123 cm³/mol. The van der Waals surface area contributed by atoms with Gasteiger partial charge in [0.1, 0.15) is 17.0 Å². The van der Waals surface area contributed by atoms with Gasteiger partial charge in [0.2, 0.25) is 11.6 Å². The lowest BCUT2D eigenvalue weighted by atomic mass is 10.1. The zero-order valence-electron chi connectivity index (χ0n) is 21.2. The number of alkyl halides is 6. The average Bonchev–Trinajstić information content (AvgIpc) is 2.84. The minimum atomic E-state index is -5.48. The van der Waals surface area contributed by atoms with Gasteiger partial charge in [-0.05, 0) is 42.8 Å². The molecule has 0 fully saturated rings. The number of amides is 1. The van der Waals surface area contributed by atoms with Crippen molar-refractivity contribution in [3.8, 4) is 28.7 Å². The summed E-state index contributed by atoms with van der Waals surface area (Å²) in [6, 6.07) is 2.53. The van der Waals surface area contributed by atoms with E-state index < -0.39 is 76.5 Å². The van der Waals surface area contributed by atoms with Gasteiger partial charge in [0.05, 0.1) is 0 Å². The number of benzene rings is 2. The first-order valence-corrected chi connectivity index (χ1v) is 11.1. The van der Waals surface area contributed by atoms with Gasteiger partial charge in [0.15, 0.2) is 28.8 Å². The van der Waals surface area contributed by atoms with Crippen molar-refractivity contribution in [1.82, 2.24) is 4.98 Å². The zero-order valence-corrected chi connectivity index (χ0v) is 21.2.